The van der Waals surface area contributed by atoms with Gasteiger partial charge in [0.25, 0.3) is 0 Å². The predicted octanol–water partition coefficient (Wildman–Crippen LogP) is 5.14. The first-order valence-electron chi connectivity index (χ1n) is 7.14. The minimum atomic E-state index is 0.722. The van der Waals surface area contributed by atoms with Crippen LogP contribution in [0.5, 0.6) is 0 Å². The first-order chi connectivity index (χ1) is 9.43. The molecule has 2 fully saturated rings. The molecule has 0 aliphatic carbocycles. The van der Waals surface area contributed by atoms with Crippen LogP contribution in [0.25, 0.3) is 10.8 Å². The van der Waals surface area contributed by atoms with E-state index in [0.717, 1.165) is 16.4 Å². The van der Waals surface area contributed by atoms with E-state index in [1.54, 1.807) is 5.56 Å². The molecule has 2 saturated heterocycles. The maximum Gasteiger partial charge on any atom is 0.0342 e. The topological polar surface area (TPSA) is 0 Å². The Bertz CT molecular complexity index is 587. The van der Waals surface area contributed by atoms with Crippen LogP contribution < -0.4 is 0 Å². The molecule has 2 aromatic rings. The highest BCUT2D eigenvalue weighted by Crippen LogP contribution is 2.53. The van der Waals surface area contributed by atoms with E-state index in [2.05, 4.69) is 66.0 Å². The standard InChI is InChI=1S/C17H18S2/c1-2-6-13-12(4-1)5-3-7-14(13)17-15-8-10-18-16(15)9-11-19-17/h1-7,15-17H,8-11H2/t15-,16+,17+/m1/s1. The molecule has 2 aliphatic heterocycles. The lowest BCUT2D eigenvalue weighted by Gasteiger charge is -2.33. The van der Waals surface area contributed by atoms with Crippen molar-refractivity contribution in [3.05, 3.63) is 48.0 Å². The number of hydrogen-bond acceptors (Lipinski definition) is 2. The van der Waals surface area contributed by atoms with Gasteiger partial charge in [-0.3, -0.25) is 0 Å². The van der Waals surface area contributed by atoms with Gasteiger partial charge in [-0.25, -0.2) is 0 Å². The molecule has 2 aromatic carbocycles. The van der Waals surface area contributed by atoms with E-state index >= 15 is 0 Å². The van der Waals surface area contributed by atoms with Crippen LogP contribution in [0.3, 0.4) is 0 Å². The Balaban J connectivity index is 1.81. The fourth-order valence-corrected chi connectivity index (χ4v) is 6.95. The molecule has 0 unspecified atom stereocenters. The molecular weight excluding hydrogens is 268 g/mol. The van der Waals surface area contributed by atoms with Crippen molar-refractivity contribution in [3.8, 4) is 0 Å². The Morgan fingerprint density at radius 2 is 1.68 bits per heavy atom. The van der Waals surface area contributed by atoms with Gasteiger partial charge < -0.3 is 0 Å². The molecule has 0 spiro atoms. The van der Waals surface area contributed by atoms with E-state index in [-0.39, 0.29) is 0 Å². The van der Waals surface area contributed by atoms with Gasteiger partial charge in [-0.1, -0.05) is 42.5 Å². The highest BCUT2D eigenvalue weighted by Gasteiger charge is 2.38. The normalized spacial score (nSPS) is 30.4. The SMILES string of the molecule is c1ccc2c([C@@H]3SCC[C@@H]4SCC[C@H]43)cccc2c1. The fraction of sp³-hybridized carbons (Fsp3) is 0.412. The van der Waals surface area contributed by atoms with E-state index in [9.17, 15) is 0 Å². The molecule has 0 saturated carbocycles. The summed E-state index contributed by atoms with van der Waals surface area (Å²) in [5, 5.41) is 4.51. The first kappa shape index (κ1) is 12.2. The van der Waals surface area contributed by atoms with Gasteiger partial charge in [-0.05, 0) is 46.6 Å². The molecule has 0 amide bonds. The summed E-state index contributed by atoms with van der Waals surface area (Å²) in [6.07, 6.45) is 2.83. The summed E-state index contributed by atoms with van der Waals surface area (Å²) in [7, 11) is 0. The maximum atomic E-state index is 2.37. The zero-order valence-electron chi connectivity index (χ0n) is 10.9. The van der Waals surface area contributed by atoms with Crippen LogP contribution in [0.15, 0.2) is 42.5 Å². The van der Waals surface area contributed by atoms with Crippen LogP contribution in [-0.2, 0) is 0 Å². The van der Waals surface area contributed by atoms with E-state index < -0.39 is 0 Å². The summed E-state index contributed by atoms with van der Waals surface area (Å²) in [5.74, 6) is 3.61. The maximum absolute atomic E-state index is 2.37. The smallest absolute Gasteiger partial charge is 0.0342 e. The number of fused-ring (bicyclic) bond motifs is 2. The van der Waals surface area contributed by atoms with Crippen molar-refractivity contribution < 1.29 is 0 Å². The summed E-state index contributed by atoms with van der Waals surface area (Å²) >= 11 is 4.41. The lowest BCUT2D eigenvalue weighted by Crippen LogP contribution is -2.24. The summed E-state index contributed by atoms with van der Waals surface area (Å²) in [6, 6.07) is 15.7. The van der Waals surface area contributed by atoms with Crippen molar-refractivity contribution in [2.24, 2.45) is 5.92 Å². The van der Waals surface area contributed by atoms with Crippen LogP contribution in [0, 0.1) is 5.92 Å². The van der Waals surface area contributed by atoms with Crippen molar-refractivity contribution >= 4 is 34.3 Å². The molecule has 4 rings (SSSR count). The van der Waals surface area contributed by atoms with E-state index in [4.69, 9.17) is 0 Å². The molecule has 0 N–H and O–H groups in total. The molecule has 98 valence electrons. The van der Waals surface area contributed by atoms with E-state index in [0.29, 0.717) is 0 Å². The molecule has 2 heterocycles. The van der Waals surface area contributed by atoms with Crippen LogP contribution in [0.1, 0.15) is 23.7 Å². The van der Waals surface area contributed by atoms with Gasteiger partial charge >= 0.3 is 0 Å². The fourth-order valence-electron chi connectivity index (χ4n) is 3.56. The molecule has 19 heavy (non-hydrogen) atoms. The Kier molecular flexibility index (Phi) is 3.24. The predicted molar refractivity (Wildman–Crippen MR) is 88.1 cm³/mol. The van der Waals surface area contributed by atoms with Crippen LogP contribution in [0.2, 0.25) is 0 Å². The van der Waals surface area contributed by atoms with Gasteiger partial charge in [0.15, 0.2) is 0 Å². The molecule has 0 nitrogen and oxygen atoms in total. The van der Waals surface area contributed by atoms with E-state index in [1.165, 1.54) is 35.1 Å². The average Bonchev–Trinajstić information content (AvgIpc) is 2.95. The van der Waals surface area contributed by atoms with Crippen molar-refractivity contribution in [2.75, 3.05) is 11.5 Å². The minimum Gasteiger partial charge on any atom is -0.158 e. The van der Waals surface area contributed by atoms with Crippen molar-refractivity contribution in [3.63, 3.8) is 0 Å². The van der Waals surface area contributed by atoms with Crippen LogP contribution in [0.4, 0.5) is 0 Å². The largest absolute Gasteiger partial charge is 0.158 e. The van der Waals surface area contributed by atoms with Gasteiger partial charge in [0.05, 0.1) is 0 Å². The molecule has 0 radical (unpaired) electrons. The number of thioether (sulfide) groups is 2. The number of benzene rings is 2. The van der Waals surface area contributed by atoms with Crippen molar-refractivity contribution in [1.82, 2.24) is 0 Å². The van der Waals surface area contributed by atoms with Gasteiger partial charge in [0.1, 0.15) is 0 Å². The van der Waals surface area contributed by atoms with Crippen molar-refractivity contribution in [2.45, 2.75) is 23.3 Å². The second-order valence-electron chi connectivity index (χ2n) is 5.51. The molecule has 2 heteroatoms. The first-order valence-corrected chi connectivity index (χ1v) is 9.24. The highest BCUT2D eigenvalue weighted by molar-refractivity contribution is 8.01. The summed E-state index contributed by atoms with van der Waals surface area (Å²) in [5.41, 5.74) is 1.58. The Hall–Kier alpha value is -0.600. The summed E-state index contributed by atoms with van der Waals surface area (Å²) < 4.78 is 0. The summed E-state index contributed by atoms with van der Waals surface area (Å²) in [6.45, 7) is 0. The lowest BCUT2D eigenvalue weighted by atomic mass is 9.89. The number of hydrogen-bond donors (Lipinski definition) is 0. The molecule has 0 aromatic heterocycles. The van der Waals surface area contributed by atoms with Gasteiger partial charge in [-0.15, -0.1) is 0 Å². The summed E-state index contributed by atoms with van der Waals surface area (Å²) in [4.78, 5) is 0. The van der Waals surface area contributed by atoms with Gasteiger partial charge in [-0.2, -0.15) is 23.5 Å². The molecule has 2 aliphatic rings. The molecule has 0 bridgehead atoms. The number of rotatable bonds is 1. The third-order valence-corrected chi connectivity index (χ3v) is 7.40. The third-order valence-electron chi connectivity index (χ3n) is 4.48. The molecule has 3 atom stereocenters. The van der Waals surface area contributed by atoms with Crippen LogP contribution >= 0.6 is 23.5 Å². The van der Waals surface area contributed by atoms with Crippen molar-refractivity contribution in [1.29, 1.82) is 0 Å². The Morgan fingerprint density at radius 1 is 0.842 bits per heavy atom. The van der Waals surface area contributed by atoms with Crippen LogP contribution in [-0.4, -0.2) is 16.8 Å². The third kappa shape index (κ3) is 2.09. The van der Waals surface area contributed by atoms with Gasteiger partial charge in [0.2, 0.25) is 0 Å². The Labute approximate surface area is 123 Å². The quantitative estimate of drug-likeness (QED) is 0.712. The Morgan fingerprint density at radius 3 is 2.68 bits per heavy atom. The zero-order chi connectivity index (χ0) is 12.7. The van der Waals surface area contributed by atoms with E-state index in [1.807, 2.05) is 0 Å². The second-order valence-corrected chi connectivity index (χ2v) is 8.11. The van der Waals surface area contributed by atoms with Gasteiger partial charge in [0, 0.05) is 10.5 Å². The lowest BCUT2D eigenvalue weighted by molar-refractivity contribution is 0.482. The zero-order valence-corrected chi connectivity index (χ0v) is 12.6. The monoisotopic (exact) mass is 286 g/mol. The minimum absolute atomic E-state index is 0.722. The average molecular weight is 286 g/mol. The second kappa shape index (κ2) is 5.06. The highest BCUT2D eigenvalue weighted by atomic mass is 32.2. The molecular formula is C17H18S2.